The standard InChI is InChI=1S/C19H14N4O4/c20-10-14-7-4-8-15(9-14)21-16(24)12-23-18(26)17(25)22(19(23)27)11-13-5-2-1-3-6-13/h1-9H,11-12H2,(H,21,24). The Labute approximate surface area is 154 Å². The summed E-state index contributed by atoms with van der Waals surface area (Å²) >= 11 is 0. The van der Waals surface area contributed by atoms with Crippen LogP contribution >= 0.6 is 0 Å². The lowest BCUT2D eigenvalue weighted by molar-refractivity contribution is -0.143. The Balaban J connectivity index is 1.68. The summed E-state index contributed by atoms with van der Waals surface area (Å²) in [6.07, 6.45) is 0. The van der Waals surface area contributed by atoms with E-state index < -0.39 is 30.3 Å². The first-order chi connectivity index (χ1) is 13.0. The molecule has 2 aromatic rings. The Morgan fingerprint density at radius 1 is 0.963 bits per heavy atom. The average Bonchev–Trinajstić information content (AvgIpc) is 2.87. The van der Waals surface area contributed by atoms with Crippen molar-refractivity contribution in [2.45, 2.75) is 6.54 Å². The van der Waals surface area contributed by atoms with Crippen LogP contribution in [0.1, 0.15) is 11.1 Å². The summed E-state index contributed by atoms with van der Waals surface area (Å²) in [5.41, 5.74) is 1.39. The fraction of sp³-hybridized carbons (Fsp3) is 0.105. The van der Waals surface area contributed by atoms with E-state index >= 15 is 0 Å². The van der Waals surface area contributed by atoms with Crippen molar-refractivity contribution in [1.82, 2.24) is 9.80 Å². The second kappa shape index (κ2) is 7.49. The molecule has 8 nitrogen and oxygen atoms in total. The number of carbonyl (C=O) groups excluding carboxylic acids is 4. The highest BCUT2D eigenvalue weighted by Crippen LogP contribution is 2.16. The minimum Gasteiger partial charge on any atom is -0.324 e. The number of urea groups is 1. The van der Waals surface area contributed by atoms with Crippen molar-refractivity contribution < 1.29 is 19.2 Å². The number of benzene rings is 2. The predicted molar refractivity (Wildman–Crippen MR) is 93.9 cm³/mol. The summed E-state index contributed by atoms with van der Waals surface area (Å²) in [6, 6.07) is 16.0. The van der Waals surface area contributed by atoms with Crippen molar-refractivity contribution in [3.05, 3.63) is 65.7 Å². The number of hydrogen-bond acceptors (Lipinski definition) is 5. The fourth-order valence-corrected chi connectivity index (χ4v) is 2.61. The highest BCUT2D eigenvalue weighted by molar-refractivity contribution is 6.45. The molecule has 1 aliphatic rings. The molecule has 0 bridgehead atoms. The van der Waals surface area contributed by atoms with E-state index in [1.807, 2.05) is 6.07 Å². The summed E-state index contributed by atoms with van der Waals surface area (Å²) in [7, 11) is 0. The molecule has 0 atom stereocenters. The first-order valence-corrected chi connectivity index (χ1v) is 8.01. The third kappa shape index (κ3) is 3.82. The number of carbonyl (C=O) groups is 4. The molecule has 0 aromatic heterocycles. The summed E-state index contributed by atoms with van der Waals surface area (Å²) < 4.78 is 0. The van der Waals surface area contributed by atoms with Gasteiger partial charge < -0.3 is 5.32 Å². The number of anilines is 1. The molecule has 1 aliphatic heterocycles. The number of amides is 5. The van der Waals surface area contributed by atoms with Crippen LogP contribution in [-0.2, 0) is 20.9 Å². The van der Waals surface area contributed by atoms with E-state index in [0.29, 0.717) is 21.7 Å². The number of nitrogens with zero attached hydrogens (tertiary/aromatic N) is 3. The molecule has 1 heterocycles. The number of imide groups is 2. The van der Waals surface area contributed by atoms with Gasteiger partial charge in [0.1, 0.15) is 6.54 Å². The lowest BCUT2D eigenvalue weighted by Crippen LogP contribution is -2.38. The Morgan fingerprint density at radius 2 is 1.67 bits per heavy atom. The summed E-state index contributed by atoms with van der Waals surface area (Å²) in [5.74, 6) is -2.67. The van der Waals surface area contributed by atoms with Crippen LogP contribution in [0.2, 0.25) is 0 Å². The molecule has 1 saturated heterocycles. The molecule has 27 heavy (non-hydrogen) atoms. The van der Waals surface area contributed by atoms with E-state index in [2.05, 4.69) is 5.32 Å². The maximum absolute atomic E-state index is 12.4. The average molecular weight is 362 g/mol. The molecule has 1 fully saturated rings. The number of nitrogens with one attached hydrogen (secondary N) is 1. The van der Waals surface area contributed by atoms with Crippen LogP contribution in [0.3, 0.4) is 0 Å². The van der Waals surface area contributed by atoms with Gasteiger partial charge in [-0.1, -0.05) is 36.4 Å². The lowest BCUT2D eigenvalue weighted by Gasteiger charge is -2.15. The van der Waals surface area contributed by atoms with E-state index in [1.165, 1.54) is 6.07 Å². The van der Waals surface area contributed by atoms with E-state index in [0.717, 1.165) is 4.90 Å². The van der Waals surface area contributed by atoms with Gasteiger partial charge >= 0.3 is 17.8 Å². The molecule has 1 N–H and O–H groups in total. The molecule has 0 aliphatic carbocycles. The van der Waals surface area contributed by atoms with E-state index in [4.69, 9.17) is 5.26 Å². The maximum atomic E-state index is 12.4. The van der Waals surface area contributed by atoms with Crippen molar-refractivity contribution in [3.8, 4) is 6.07 Å². The minimum absolute atomic E-state index is 0.0490. The second-order valence-corrected chi connectivity index (χ2v) is 5.79. The molecule has 2 aromatic carbocycles. The van der Waals surface area contributed by atoms with Crippen LogP contribution in [-0.4, -0.2) is 40.1 Å². The van der Waals surface area contributed by atoms with E-state index in [9.17, 15) is 19.2 Å². The van der Waals surface area contributed by atoms with Gasteiger partial charge in [-0.15, -0.1) is 0 Å². The van der Waals surface area contributed by atoms with Gasteiger partial charge in [0.05, 0.1) is 18.2 Å². The Hall–Kier alpha value is -3.99. The van der Waals surface area contributed by atoms with Crippen molar-refractivity contribution in [2.75, 3.05) is 11.9 Å². The number of rotatable bonds is 5. The quantitative estimate of drug-likeness (QED) is 0.640. The molecule has 8 heteroatoms. The van der Waals surface area contributed by atoms with E-state index in [1.54, 1.807) is 48.5 Å². The van der Waals surface area contributed by atoms with Gasteiger partial charge in [0.25, 0.3) is 0 Å². The van der Waals surface area contributed by atoms with Gasteiger partial charge in [-0.05, 0) is 23.8 Å². The van der Waals surface area contributed by atoms with Gasteiger partial charge in [0.15, 0.2) is 0 Å². The Morgan fingerprint density at radius 3 is 2.37 bits per heavy atom. The maximum Gasteiger partial charge on any atom is 0.335 e. The number of nitriles is 1. The molecule has 0 radical (unpaired) electrons. The van der Waals surface area contributed by atoms with Gasteiger partial charge in [-0.25, -0.2) is 9.69 Å². The van der Waals surface area contributed by atoms with Crippen LogP contribution in [0.25, 0.3) is 0 Å². The molecule has 5 amide bonds. The molecular weight excluding hydrogens is 348 g/mol. The van der Waals surface area contributed by atoms with Gasteiger partial charge in [0, 0.05) is 5.69 Å². The molecular formula is C19H14N4O4. The summed E-state index contributed by atoms with van der Waals surface area (Å²) in [6.45, 7) is -0.641. The van der Waals surface area contributed by atoms with Gasteiger partial charge in [-0.2, -0.15) is 5.26 Å². The summed E-state index contributed by atoms with van der Waals surface area (Å²) in [5, 5.41) is 11.4. The van der Waals surface area contributed by atoms with Crippen molar-refractivity contribution in [3.63, 3.8) is 0 Å². The van der Waals surface area contributed by atoms with Gasteiger partial charge in [-0.3, -0.25) is 19.3 Å². The monoisotopic (exact) mass is 362 g/mol. The first-order valence-electron chi connectivity index (χ1n) is 8.01. The smallest absolute Gasteiger partial charge is 0.324 e. The zero-order chi connectivity index (χ0) is 19.4. The van der Waals surface area contributed by atoms with Crippen molar-refractivity contribution in [1.29, 1.82) is 5.26 Å². The third-order valence-corrected chi connectivity index (χ3v) is 3.90. The Bertz CT molecular complexity index is 965. The predicted octanol–water partition coefficient (Wildman–Crippen LogP) is 1.49. The zero-order valence-electron chi connectivity index (χ0n) is 14.1. The molecule has 134 valence electrons. The van der Waals surface area contributed by atoms with Crippen molar-refractivity contribution in [2.24, 2.45) is 0 Å². The first kappa shape index (κ1) is 17.8. The molecule has 0 spiro atoms. The van der Waals surface area contributed by atoms with Crippen LogP contribution in [0.15, 0.2) is 54.6 Å². The largest absolute Gasteiger partial charge is 0.335 e. The van der Waals surface area contributed by atoms with Crippen LogP contribution in [0.4, 0.5) is 10.5 Å². The summed E-state index contributed by atoms with van der Waals surface area (Å²) in [4.78, 5) is 50.2. The molecule has 0 unspecified atom stereocenters. The van der Waals surface area contributed by atoms with Crippen LogP contribution < -0.4 is 5.32 Å². The SMILES string of the molecule is N#Cc1cccc(NC(=O)CN2C(=O)C(=O)N(Cc3ccccc3)C2=O)c1. The molecule has 0 saturated carbocycles. The van der Waals surface area contributed by atoms with Crippen molar-refractivity contribution >= 4 is 29.4 Å². The van der Waals surface area contributed by atoms with Crippen LogP contribution in [0.5, 0.6) is 0 Å². The fourth-order valence-electron chi connectivity index (χ4n) is 2.61. The lowest BCUT2D eigenvalue weighted by atomic mass is 10.2. The minimum atomic E-state index is -1.04. The highest BCUT2D eigenvalue weighted by Gasteiger charge is 2.45. The second-order valence-electron chi connectivity index (χ2n) is 5.79. The topological polar surface area (TPSA) is 111 Å². The van der Waals surface area contributed by atoms with Crippen LogP contribution in [0, 0.1) is 11.3 Å². The Kier molecular flexibility index (Phi) is 4.95. The normalized spacial score (nSPS) is 13.7. The number of hydrogen-bond donors (Lipinski definition) is 1. The highest BCUT2D eigenvalue weighted by atomic mass is 16.2. The van der Waals surface area contributed by atoms with Gasteiger partial charge in [0.2, 0.25) is 5.91 Å². The third-order valence-electron chi connectivity index (χ3n) is 3.90. The zero-order valence-corrected chi connectivity index (χ0v) is 14.1. The van der Waals surface area contributed by atoms with E-state index in [-0.39, 0.29) is 6.54 Å². The molecule has 3 rings (SSSR count).